The Hall–Kier alpha value is -4.12. The van der Waals surface area contributed by atoms with E-state index >= 15 is 0 Å². The number of benzene rings is 2. The number of hydrogen-bond acceptors (Lipinski definition) is 7. The predicted octanol–water partition coefficient (Wildman–Crippen LogP) is 3.70. The molecule has 0 fully saturated rings. The second-order valence-electron chi connectivity index (χ2n) is 7.26. The molecule has 0 saturated carbocycles. The molecule has 0 bridgehead atoms. The van der Waals surface area contributed by atoms with Crippen molar-refractivity contribution in [2.24, 2.45) is 5.10 Å². The standard InChI is InChI=1S/C24H23N3O5/c1-15(2)32-23(28)14-31-21-10-7-18(12-22(21)30-4)11-20-16(3)26-27(24(20)29)19-8-5-17(13-25)6-9-19/h5-12,15H,14H2,1-4H3/b20-11+. The number of hydrogen-bond donors (Lipinski definition) is 0. The lowest BCUT2D eigenvalue weighted by Crippen LogP contribution is -2.21. The van der Waals surface area contributed by atoms with E-state index in [0.29, 0.717) is 39.6 Å². The van der Waals surface area contributed by atoms with Crippen LogP contribution in [0.1, 0.15) is 31.9 Å². The molecule has 1 aliphatic heterocycles. The molecule has 164 valence electrons. The highest BCUT2D eigenvalue weighted by Gasteiger charge is 2.28. The summed E-state index contributed by atoms with van der Waals surface area (Å²) in [6.07, 6.45) is 1.49. The molecular weight excluding hydrogens is 410 g/mol. The minimum atomic E-state index is -0.473. The highest BCUT2D eigenvalue weighted by Crippen LogP contribution is 2.30. The number of nitriles is 1. The van der Waals surface area contributed by atoms with Gasteiger partial charge in [-0.2, -0.15) is 15.4 Å². The van der Waals surface area contributed by atoms with Crippen molar-refractivity contribution in [1.82, 2.24) is 0 Å². The molecule has 0 N–H and O–H groups in total. The van der Waals surface area contributed by atoms with Crippen LogP contribution in [0.4, 0.5) is 5.69 Å². The summed E-state index contributed by atoms with van der Waals surface area (Å²) in [5, 5.41) is 14.6. The van der Waals surface area contributed by atoms with Gasteiger partial charge in [0.2, 0.25) is 0 Å². The number of amides is 1. The normalized spacial score (nSPS) is 14.4. The lowest BCUT2D eigenvalue weighted by molar-refractivity contribution is -0.149. The van der Waals surface area contributed by atoms with E-state index in [1.165, 1.54) is 12.1 Å². The van der Waals surface area contributed by atoms with E-state index in [1.807, 2.05) is 6.07 Å². The zero-order chi connectivity index (χ0) is 23.3. The van der Waals surface area contributed by atoms with Crippen molar-refractivity contribution < 1.29 is 23.8 Å². The van der Waals surface area contributed by atoms with Gasteiger partial charge < -0.3 is 14.2 Å². The van der Waals surface area contributed by atoms with Gasteiger partial charge >= 0.3 is 5.97 Å². The van der Waals surface area contributed by atoms with Crippen molar-refractivity contribution >= 4 is 29.4 Å². The van der Waals surface area contributed by atoms with Crippen LogP contribution in [0.3, 0.4) is 0 Å². The van der Waals surface area contributed by atoms with Crippen LogP contribution in [-0.4, -0.2) is 37.4 Å². The van der Waals surface area contributed by atoms with Gasteiger partial charge in [-0.1, -0.05) is 6.07 Å². The Labute approximate surface area is 186 Å². The third-order valence-electron chi connectivity index (χ3n) is 4.51. The molecule has 3 rings (SSSR count). The average molecular weight is 433 g/mol. The molecule has 0 spiro atoms. The van der Waals surface area contributed by atoms with Gasteiger partial charge in [-0.25, -0.2) is 4.79 Å². The molecule has 0 saturated heterocycles. The fourth-order valence-corrected chi connectivity index (χ4v) is 3.03. The van der Waals surface area contributed by atoms with Crippen LogP contribution >= 0.6 is 0 Å². The molecule has 1 heterocycles. The molecule has 1 amide bonds. The van der Waals surface area contributed by atoms with Gasteiger partial charge in [0.15, 0.2) is 18.1 Å². The van der Waals surface area contributed by atoms with Crippen molar-refractivity contribution in [2.75, 3.05) is 18.7 Å². The number of carbonyl (C=O) groups excluding carboxylic acids is 2. The van der Waals surface area contributed by atoms with E-state index in [4.69, 9.17) is 19.5 Å². The monoisotopic (exact) mass is 433 g/mol. The van der Waals surface area contributed by atoms with Crippen molar-refractivity contribution in [1.29, 1.82) is 5.26 Å². The third-order valence-corrected chi connectivity index (χ3v) is 4.51. The number of hydrazone groups is 1. The smallest absolute Gasteiger partial charge is 0.344 e. The molecule has 0 aromatic heterocycles. The van der Waals surface area contributed by atoms with E-state index in [0.717, 1.165) is 0 Å². The van der Waals surface area contributed by atoms with Crippen molar-refractivity contribution in [2.45, 2.75) is 26.9 Å². The topological polar surface area (TPSA) is 101 Å². The average Bonchev–Trinajstić information content (AvgIpc) is 3.06. The maximum absolute atomic E-state index is 12.9. The first kappa shape index (κ1) is 22.6. The molecule has 2 aromatic rings. The first-order valence-corrected chi connectivity index (χ1v) is 9.94. The molecule has 32 heavy (non-hydrogen) atoms. The van der Waals surface area contributed by atoms with E-state index in [9.17, 15) is 9.59 Å². The number of carbonyl (C=O) groups is 2. The summed E-state index contributed by atoms with van der Waals surface area (Å²) in [5.41, 5.74) is 2.79. The quantitative estimate of drug-likeness (QED) is 0.487. The fraction of sp³-hybridized carbons (Fsp3) is 0.250. The zero-order valence-electron chi connectivity index (χ0n) is 18.3. The van der Waals surface area contributed by atoms with Gasteiger partial charge in [0.05, 0.1) is 41.8 Å². The molecule has 0 unspecified atom stereocenters. The second kappa shape index (κ2) is 9.79. The number of anilines is 1. The number of nitrogens with zero attached hydrogens (tertiary/aromatic N) is 3. The van der Waals surface area contributed by atoms with Crippen LogP contribution in [0.5, 0.6) is 11.5 Å². The predicted molar refractivity (Wildman–Crippen MR) is 119 cm³/mol. The Morgan fingerprint density at radius 1 is 1.19 bits per heavy atom. The lowest BCUT2D eigenvalue weighted by Gasteiger charge is -2.13. The van der Waals surface area contributed by atoms with E-state index in [2.05, 4.69) is 5.10 Å². The largest absolute Gasteiger partial charge is 0.493 e. The van der Waals surface area contributed by atoms with E-state index < -0.39 is 5.97 Å². The highest BCUT2D eigenvalue weighted by molar-refractivity contribution is 6.32. The molecule has 8 heteroatoms. The Balaban J connectivity index is 1.78. The van der Waals surface area contributed by atoms with Crippen molar-refractivity contribution in [3.63, 3.8) is 0 Å². The van der Waals surface area contributed by atoms with Crippen molar-refractivity contribution in [3.8, 4) is 17.6 Å². The van der Waals surface area contributed by atoms with E-state index in [1.54, 1.807) is 69.3 Å². The van der Waals surface area contributed by atoms with Crippen LogP contribution in [0.2, 0.25) is 0 Å². The van der Waals surface area contributed by atoms with Crippen molar-refractivity contribution in [3.05, 3.63) is 59.2 Å². The molecule has 0 atom stereocenters. The van der Waals surface area contributed by atoms with Gasteiger partial charge in [-0.3, -0.25) is 4.79 Å². The summed E-state index contributed by atoms with van der Waals surface area (Å²) in [7, 11) is 1.49. The summed E-state index contributed by atoms with van der Waals surface area (Å²) in [6.45, 7) is 5.04. The minimum absolute atomic E-state index is 0.223. The molecular formula is C24H23N3O5. The zero-order valence-corrected chi connectivity index (χ0v) is 18.3. The lowest BCUT2D eigenvalue weighted by atomic mass is 10.1. The Morgan fingerprint density at radius 3 is 2.53 bits per heavy atom. The molecule has 0 aliphatic carbocycles. The molecule has 2 aromatic carbocycles. The number of methoxy groups -OCH3 is 1. The van der Waals surface area contributed by atoms with Crippen LogP contribution in [0, 0.1) is 11.3 Å². The third kappa shape index (κ3) is 5.13. The summed E-state index contributed by atoms with van der Waals surface area (Å²) < 4.78 is 15.9. The number of ether oxygens (including phenoxy) is 3. The first-order chi connectivity index (χ1) is 15.3. The van der Waals surface area contributed by atoms with Crippen LogP contribution in [0.15, 0.2) is 53.1 Å². The van der Waals surface area contributed by atoms with Crippen LogP contribution < -0.4 is 14.5 Å². The van der Waals surface area contributed by atoms with Gasteiger partial charge in [0, 0.05) is 0 Å². The van der Waals surface area contributed by atoms with Gasteiger partial charge in [0.25, 0.3) is 5.91 Å². The summed E-state index contributed by atoms with van der Waals surface area (Å²) in [6, 6.07) is 13.8. The van der Waals surface area contributed by atoms with Gasteiger partial charge in [-0.15, -0.1) is 0 Å². The number of rotatable bonds is 7. The Kier molecular flexibility index (Phi) is 6.90. The summed E-state index contributed by atoms with van der Waals surface area (Å²) >= 11 is 0. The summed E-state index contributed by atoms with van der Waals surface area (Å²) in [5.74, 6) is 0.0563. The SMILES string of the molecule is COc1cc(/C=C2/C(=O)N(c3ccc(C#N)cc3)N=C2C)ccc1OCC(=O)OC(C)C. The van der Waals surface area contributed by atoms with Crippen LogP contribution in [-0.2, 0) is 14.3 Å². The molecule has 0 radical (unpaired) electrons. The Bertz CT molecular complexity index is 1130. The first-order valence-electron chi connectivity index (χ1n) is 9.94. The van der Waals surface area contributed by atoms with Crippen LogP contribution in [0.25, 0.3) is 6.08 Å². The number of esters is 1. The van der Waals surface area contributed by atoms with Gasteiger partial charge in [0.1, 0.15) is 0 Å². The highest BCUT2D eigenvalue weighted by atomic mass is 16.6. The Morgan fingerprint density at radius 2 is 1.91 bits per heavy atom. The maximum atomic E-state index is 12.9. The fourth-order valence-electron chi connectivity index (χ4n) is 3.03. The maximum Gasteiger partial charge on any atom is 0.344 e. The van der Waals surface area contributed by atoms with Gasteiger partial charge in [-0.05, 0) is 68.8 Å². The van der Waals surface area contributed by atoms with E-state index in [-0.39, 0.29) is 18.6 Å². The molecule has 8 nitrogen and oxygen atoms in total. The second-order valence-corrected chi connectivity index (χ2v) is 7.26. The molecule has 1 aliphatic rings. The summed E-state index contributed by atoms with van der Waals surface area (Å²) in [4.78, 5) is 24.6. The minimum Gasteiger partial charge on any atom is -0.493 e.